The zero-order valence-electron chi connectivity index (χ0n) is 19.1. The Morgan fingerprint density at radius 3 is 1.48 bits per heavy atom. The SMILES string of the molecule is CCC[CH2][Sn]1([CH2]CCC)[O][C@@H](COCc2ccccc2)[C@H](COCc2ccccc2)[O]1. The zero-order valence-corrected chi connectivity index (χ0v) is 22.0. The van der Waals surface area contributed by atoms with E-state index in [1.807, 2.05) is 36.4 Å². The van der Waals surface area contributed by atoms with Crippen LogP contribution in [0, 0.1) is 0 Å². The van der Waals surface area contributed by atoms with Gasteiger partial charge in [-0.05, 0) is 0 Å². The predicted octanol–water partition coefficient (Wildman–Crippen LogP) is 6.25. The third kappa shape index (κ3) is 8.17. The third-order valence-corrected chi connectivity index (χ3v) is 16.3. The van der Waals surface area contributed by atoms with Gasteiger partial charge in [0.2, 0.25) is 0 Å². The molecule has 3 rings (SSSR count). The first kappa shape index (κ1) is 24.7. The Labute approximate surface area is 193 Å². The number of benzene rings is 2. The van der Waals surface area contributed by atoms with Crippen molar-refractivity contribution in [3.8, 4) is 0 Å². The van der Waals surface area contributed by atoms with Crippen LogP contribution in [0.15, 0.2) is 60.7 Å². The van der Waals surface area contributed by atoms with E-state index in [9.17, 15) is 0 Å². The normalized spacial score (nSPS) is 20.2. The Bertz CT molecular complexity index is 661. The summed E-state index contributed by atoms with van der Waals surface area (Å²) in [6.45, 7) is 6.82. The molecule has 0 amide bonds. The summed E-state index contributed by atoms with van der Waals surface area (Å²) < 4.78 is 28.0. The van der Waals surface area contributed by atoms with Crippen LogP contribution in [0.25, 0.3) is 0 Å². The molecule has 2 aromatic rings. The quantitative estimate of drug-likeness (QED) is 0.269. The monoisotopic (exact) mass is 534 g/mol. The van der Waals surface area contributed by atoms with Gasteiger partial charge in [0.05, 0.1) is 0 Å². The van der Waals surface area contributed by atoms with Crippen LogP contribution in [-0.4, -0.2) is 44.6 Å². The van der Waals surface area contributed by atoms with E-state index in [1.54, 1.807) is 0 Å². The summed E-state index contributed by atoms with van der Waals surface area (Å²) in [5.74, 6) is 0. The first-order chi connectivity index (χ1) is 15.2. The minimum atomic E-state index is -3.10. The van der Waals surface area contributed by atoms with Gasteiger partial charge in [-0.3, -0.25) is 0 Å². The Morgan fingerprint density at radius 2 is 1.10 bits per heavy atom. The molecule has 31 heavy (non-hydrogen) atoms. The Hall–Kier alpha value is -0.921. The molecule has 1 aliphatic rings. The Morgan fingerprint density at radius 1 is 0.677 bits per heavy atom. The van der Waals surface area contributed by atoms with Crippen molar-refractivity contribution < 1.29 is 15.6 Å². The molecule has 0 radical (unpaired) electrons. The molecular weight excluding hydrogens is 495 g/mol. The molecule has 0 bridgehead atoms. The Balaban J connectivity index is 1.60. The summed E-state index contributed by atoms with van der Waals surface area (Å²) in [6, 6.07) is 20.6. The summed E-state index contributed by atoms with van der Waals surface area (Å²) in [6.07, 6.45) is 4.70. The zero-order chi connectivity index (χ0) is 21.8. The van der Waals surface area contributed by atoms with Gasteiger partial charge in [-0.25, -0.2) is 0 Å². The molecule has 0 unspecified atom stereocenters. The second-order valence-electron chi connectivity index (χ2n) is 8.43. The molecule has 0 saturated carbocycles. The number of rotatable bonds is 14. The second-order valence-corrected chi connectivity index (χ2v) is 17.8. The average molecular weight is 533 g/mol. The van der Waals surface area contributed by atoms with Gasteiger partial charge in [-0.1, -0.05) is 0 Å². The molecule has 1 saturated heterocycles. The maximum absolute atomic E-state index is 6.79. The van der Waals surface area contributed by atoms with E-state index in [4.69, 9.17) is 15.6 Å². The molecule has 0 aliphatic carbocycles. The van der Waals surface area contributed by atoms with Crippen molar-refractivity contribution in [3.05, 3.63) is 71.8 Å². The van der Waals surface area contributed by atoms with Crippen molar-refractivity contribution in [3.63, 3.8) is 0 Å². The van der Waals surface area contributed by atoms with Crippen LogP contribution in [0.1, 0.15) is 50.7 Å². The minimum absolute atomic E-state index is 0.0241. The summed E-state index contributed by atoms with van der Waals surface area (Å²) in [4.78, 5) is 0. The van der Waals surface area contributed by atoms with Crippen LogP contribution in [0.5, 0.6) is 0 Å². The number of hydrogen-bond acceptors (Lipinski definition) is 4. The average Bonchev–Trinajstić information content (AvgIpc) is 3.15. The fourth-order valence-electron chi connectivity index (χ4n) is 4.00. The maximum atomic E-state index is 6.79. The molecule has 0 spiro atoms. The van der Waals surface area contributed by atoms with Crippen molar-refractivity contribution in [2.24, 2.45) is 0 Å². The number of unbranched alkanes of at least 4 members (excludes halogenated alkanes) is 2. The second kappa shape index (κ2) is 13.6. The molecule has 1 fully saturated rings. The first-order valence-electron chi connectivity index (χ1n) is 11.8. The fraction of sp³-hybridized carbons (Fsp3) is 0.538. The molecule has 1 aliphatic heterocycles. The molecule has 0 N–H and O–H groups in total. The van der Waals surface area contributed by atoms with Crippen LogP contribution >= 0.6 is 0 Å². The van der Waals surface area contributed by atoms with Gasteiger partial charge in [0.25, 0.3) is 0 Å². The van der Waals surface area contributed by atoms with E-state index in [-0.39, 0.29) is 12.2 Å². The van der Waals surface area contributed by atoms with Gasteiger partial charge in [0.15, 0.2) is 0 Å². The van der Waals surface area contributed by atoms with Crippen molar-refractivity contribution >= 4 is 19.2 Å². The molecule has 170 valence electrons. The molecule has 2 aromatic carbocycles. The van der Waals surface area contributed by atoms with Gasteiger partial charge >= 0.3 is 194 Å². The summed E-state index contributed by atoms with van der Waals surface area (Å²) in [5.41, 5.74) is 2.37. The topological polar surface area (TPSA) is 36.9 Å². The van der Waals surface area contributed by atoms with Gasteiger partial charge in [0.1, 0.15) is 0 Å². The standard InChI is InChI=1S/C18H20O4.2C4H9.Sn/c19-17(13-21-11-15-7-3-1-4-8-15)18(20)14-22-12-16-9-5-2-6-10-16;2*1-3-4-2;/h1-10,17-18H,11-14H2;2*1,3-4H2,2H3;/q-2;;;+2/t17-,18-;;;/m0.../s1. The van der Waals surface area contributed by atoms with E-state index in [0.29, 0.717) is 26.4 Å². The van der Waals surface area contributed by atoms with Crippen LogP contribution in [0.4, 0.5) is 0 Å². The van der Waals surface area contributed by atoms with E-state index in [1.165, 1.54) is 36.8 Å². The van der Waals surface area contributed by atoms with Crippen molar-refractivity contribution in [2.75, 3.05) is 13.2 Å². The predicted molar refractivity (Wildman–Crippen MR) is 127 cm³/mol. The van der Waals surface area contributed by atoms with Gasteiger partial charge in [-0.2, -0.15) is 0 Å². The van der Waals surface area contributed by atoms with Gasteiger partial charge < -0.3 is 0 Å². The molecule has 0 aromatic heterocycles. The third-order valence-electron chi connectivity index (χ3n) is 5.76. The molecule has 5 heteroatoms. The van der Waals surface area contributed by atoms with E-state index >= 15 is 0 Å². The summed E-state index contributed by atoms with van der Waals surface area (Å²) in [5, 5.41) is 0. The summed E-state index contributed by atoms with van der Waals surface area (Å²) >= 11 is -3.10. The number of hydrogen-bond donors (Lipinski definition) is 0. The van der Waals surface area contributed by atoms with Crippen LogP contribution in [0.2, 0.25) is 8.87 Å². The molecule has 1 heterocycles. The first-order valence-corrected chi connectivity index (χ1v) is 18.2. The van der Waals surface area contributed by atoms with Crippen molar-refractivity contribution in [1.82, 2.24) is 0 Å². The Kier molecular flexibility index (Phi) is 10.8. The molecule has 4 nitrogen and oxygen atoms in total. The van der Waals surface area contributed by atoms with Crippen LogP contribution in [-0.2, 0) is 28.8 Å². The van der Waals surface area contributed by atoms with Crippen molar-refractivity contribution in [2.45, 2.75) is 73.8 Å². The summed E-state index contributed by atoms with van der Waals surface area (Å²) in [7, 11) is 0. The van der Waals surface area contributed by atoms with Crippen LogP contribution < -0.4 is 0 Å². The number of ether oxygens (including phenoxy) is 2. The van der Waals surface area contributed by atoms with E-state index < -0.39 is 19.2 Å². The van der Waals surface area contributed by atoms with Gasteiger partial charge in [-0.15, -0.1) is 0 Å². The van der Waals surface area contributed by atoms with Crippen LogP contribution in [0.3, 0.4) is 0 Å². The fourth-order valence-corrected chi connectivity index (χ4v) is 15.7. The van der Waals surface area contributed by atoms with E-state index in [2.05, 4.69) is 38.1 Å². The van der Waals surface area contributed by atoms with Crippen molar-refractivity contribution in [1.29, 1.82) is 0 Å². The molecular formula is C26H38O4Sn. The van der Waals surface area contributed by atoms with Gasteiger partial charge in [0, 0.05) is 0 Å². The molecule has 2 atom stereocenters. The van der Waals surface area contributed by atoms with E-state index in [0.717, 1.165) is 8.87 Å².